The topological polar surface area (TPSA) is 37.3 Å². The molecule has 2 aromatic rings. The van der Waals surface area contributed by atoms with E-state index in [9.17, 15) is 9.90 Å². The van der Waals surface area contributed by atoms with Crippen molar-refractivity contribution in [3.05, 3.63) is 56.2 Å². The van der Waals surface area contributed by atoms with E-state index in [4.69, 9.17) is 0 Å². The van der Waals surface area contributed by atoms with Gasteiger partial charge in [0, 0.05) is 4.88 Å². The summed E-state index contributed by atoms with van der Waals surface area (Å²) >= 11 is 4.98. The second-order valence-electron chi connectivity index (χ2n) is 4.21. The van der Waals surface area contributed by atoms with Gasteiger partial charge in [-0.3, -0.25) is 4.79 Å². The highest BCUT2D eigenvalue weighted by Gasteiger charge is 2.21. The van der Waals surface area contributed by atoms with Gasteiger partial charge in [0.15, 0.2) is 0 Å². The number of aliphatic carboxylic acids is 1. The van der Waals surface area contributed by atoms with Gasteiger partial charge in [0.05, 0.1) is 9.70 Å². The molecule has 1 N–H and O–H groups in total. The molecule has 0 spiro atoms. The molecule has 0 radical (unpaired) electrons. The first-order valence-corrected chi connectivity index (χ1v) is 7.21. The van der Waals surface area contributed by atoms with Crippen molar-refractivity contribution in [1.29, 1.82) is 0 Å². The Hall–Kier alpha value is -1.13. The smallest absolute Gasteiger partial charge is 0.311 e. The maximum absolute atomic E-state index is 11.4. The highest BCUT2D eigenvalue weighted by Crippen LogP contribution is 2.28. The first kappa shape index (κ1) is 13.3. The SMILES string of the molecule is Cc1cccc(C(Cc2ccc(Br)s2)C(=O)O)c1. The third-order valence-electron chi connectivity index (χ3n) is 2.78. The Labute approximate surface area is 118 Å². The van der Waals surface area contributed by atoms with E-state index in [1.165, 1.54) is 0 Å². The van der Waals surface area contributed by atoms with E-state index >= 15 is 0 Å². The van der Waals surface area contributed by atoms with Gasteiger partial charge in [-0.05, 0) is 47.0 Å². The summed E-state index contributed by atoms with van der Waals surface area (Å²) in [5, 5.41) is 9.38. The largest absolute Gasteiger partial charge is 0.481 e. The van der Waals surface area contributed by atoms with Crippen LogP contribution in [0.25, 0.3) is 0 Å². The lowest BCUT2D eigenvalue weighted by Crippen LogP contribution is -2.14. The van der Waals surface area contributed by atoms with Crippen LogP contribution in [0.1, 0.15) is 21.9 Å². The molecule has 94 valence electrons. The number of aryl methyl sites for hydroxylation is 1. The van der Waals surface area contributed by atoms with E-state index in [0.717, 1.165) is 19.8 Å². The maximum Gasteiger partial charge on any atom is 0.311 e. The van der Waals surface area contributed by atoms with Crippen molar-refractivity contribution in [1.82, 2.24) is 0 Å². The maximum atomic E-state index is 11.4. The first-order valence-electron chi connectivity index (χ1n) is 5.60. The fourth-order valence-corrected chi connectivity index (χ4v) is 3.43. The van der Waals surface area contributed by atoms with Crippen molar-refractivity contribution in [3.63, 3.8) is 0 Å². The Morgan fingerprint density at radius 1 is 1.39 bits per heavy atom. The van der Waals surface area contributed by atoms with Crippen LogP contribution in [0.5, 0.6) is 0 Å². The lowest BCUT2D eigenvalue weighted by Gasteiger charge is -2.12. The molecule has 18 heavy (non-hydrogen) atoms. The number of rotatable bonds is 4. The summed E-state index contributed by atoms with van der Waals surface area (Å²) < 4.78 is 1.03. The molecular formula is C14H13BrO2S. The summed E-state index contributed by atoms with van der Waals surface area (Å²) in [5.74, 6) is -1.25. The molecule has 0 aliphatic carbocycles. The van der Waals surface area contributed by atoms with Crippen molar-refractivity contribution in [2.45, 2.75) is 19.3 Å². The Morgan fingerprint density at radius 3 is 2.72 bits per heavy atom. The molecule has 1 aromatic carbocycles. The minimum Gasteiger partial charge on any atom is -0.481 e. The molecule has 1 atom stereocenters. The van der Waals surface area contributed by atoms with E-state index in [2.05, 4.69) is 15.9 Å². The normalized spacial score (nSPS) is 12.3. The summed E-state index contributed by atoms with van der Waals surface area (Å²) in [4.78, 5) is 12.5. The van der Waals surface area contributed by atoms with Gasteiger partial charge in [-0.15, -0.1) is 11.3 Å². The quantitative estimate of drug-likeness (QED) is 0.913. The molecule has 0 amide bonds. The second kappa shape index (κ2) is 5.67. The van der Waals surface area contributed by atoms with Gasteiger partial charge in [-0.2, -0.15) is 0 Å². The second-order valence-corrected chi connectivity index (χ2v) is 6.76. The summed E-state index contributed by atoms with van der Waals surface area (Å²) in [6, 6.07) is 11.6. The highest BCUT2D eigenvalue weighted by molar-refractivity contribution is 9.11. The number of hydrogen-bond donors (Lipinski definition) is 1. The Morgan fingerprint density at radius 2 is 2.17 bits per heavy atom. The zero-order valence-electron chi connectivity index (χ0n) is 9.89. The van der Waals surface area contributed by atoms with E-state index < -0.39 is 11.9 Å². The van der Waals surface area contributed by atoms with Crippen molar-refractivity contribution >= 4 is 33.2 Å². The number of carbonyl (C=O) groups is 1. The van der Waals surface area contributed by atoms with Crippen LogP contribution in [-0.4, -0.2) is 11.1 Å². The van der Waals surface area contributed by atoms with E-state index in [0.29, 0.717) is 6.42 Å². The molecule has 1 heterocycles. The predicted octanol–water partition coefficient (Wildman–Crippen LogP) is 4.23. The van der Waals surface area contributed by atoms with Gasteiger partial charge < -0.3 is 5.11 Å². The average molecular weight is 325 g/mol. The van der Waals surface area contributed by atoms with Gasteiger partial charge in [0.2, 0.25) is 0 Å². The molecule has 0 aliphatic rings. The van der Waals surface area contributed by atoms with Gasteiger partial charge in [0.1, 0.15) is 0 Å². The fourth-order valence-electron chi connectivity index (χ4n) is 1.90. The number of benzene rings is 1. The minimum absolute atomic E-state index is 0.476. The summed E-state index contributed by atoms with van der Waals surface area (Å²) in [6.45, 7) is 1.98. The molecule has 0 bridgehead atoms. The molecule has 0 aliphatic heterocycles. The molecule has 4 heteroatoms. The number of carboxylic acid groups (broad SMARTS) is 1. The van der Waals surface area contributed by atoms with Crippen LogP contribution in [0.3, 0.4) is 0 Å². The van der Waals surface area contributed by atoms with E-state index in [1.807, 2.05) is 43.3 Å². The van der Waals surface area contributed by atoms with Gasteiger partial charge >= 0.3 is 5.97 Å². The zero-order valence-corrected chi connectivity index (χ0v) is 12.3. The van der Waals surface area contributed by atoms with Gasteiger partial charge in [-0.1, -0.05) is 29.8 Å². The van der Waals surface area contributed by atoms with E-state index in [-0.39, 0.29) is 0 Å². The van der Waals surface area contributed by atoms with E-state index in [1.54, 1.807) is 11.3 Å². The van der Waals surface area contributed by atoms with Crippen molar-refractivity contribution in [3.8, 4) is 0 Å². The van der Waals surface area contributed by atoms with Crippen LogP contribution < -0.4 is 0 Å². The average Bonchev–Trinajstić information content (AvgIpc) is 2.71. The Kier molecular flexibility index (Phi) is 4.19. The third kappa shape index (κ3) is 3.21. The van der Waals surface area contributed by atoms with Crippen molar-refractivity contribution in [2.75, 3.05) is 0 Å². The minimum atomic E-state index is -0.773. The molecule has 2 nitrogen and oxygen atoms in total. The van der Waals surface area contributed by atoms with Crippen molar-refractivity contribution in [2.24, 2.45) is 0 Å². The number of hydrogen-bond acceptors (Lipinski definition) is 2. The summed E-state index contributed by atoms with van der Waals surface area (Å²) in [6.07, 6.45) is 0.537. The highest BCUT2D eigenvalue weighted by atomic mass is 79.9. The lowest BCUT2D eigenvalue weighted by molar-refractivity contribution is -0.138. The van der Waals surface area contributed by atoms with Crippen LogP contribution >= 0.6 is 27.3 Å². The Balaban J connectivity index is 2.26. The third-order valence-corrected chi connectivity index (χ3v) is 4.42. The van der Waals surface area contributed by atoms with Crippen LogP contribution in [0.4, 0.5) is 0 Å². The molecular weight excluding hydrogens is 312 g/mol. The lowest BCUT2D eigenvalue weighted by atomic mass is 9.94. The number of halogens is 1. The van der Waals surface area contributed by atoms with Crippen LogP contribution in [0, 0.1) is 6.92 Å². The summed E-state index contributed by atoms with van der Waals surface area (Å²) in [5.41, 5.74) is 1.96. The Bertz CT molecular complexity index is 562. The molecule has 1 unspecified atom stereocenters. The zero-order chi connectivity index (χ0) is 13.1. The monoisotopic (exact) mass is 324 g/mol. The van der Waals surface area contributed by atoms with Gasteiger partial charge in [-0.25, -0.2) is 0 Å². The van der Waals surface area contributed by atoms with Crippen molar-refractivity contribution < 1.29 is 9.90 Å². The molecule has 0 saturated carbocycles. The van der Waals surface area contributed by atoms with Gasteiger partial charge in [0.25, 0.3) is 0 Å². The standard InChI is InChI=1S/C14H13BrO2S/c1-9-3-2-4-10(7-9)12(14(16)17)8-11-5-6-13(15)18-11/h2-7,12H,8H2,1H3,(H,16,17). The molecule has 1 aromatic heterocycles. The molecule has 0 fully saturated rings. The summed E-state index contributed by atoms with van der Waals surface area (Å²) in [7, 11) is 0. The van der Waals surface area contributed by atoms with Crippen LogP contribution in [0.2, 0.25) is 0 Å². The molecule has 2 rings (SSSR count). The molecule has 0 saturated heterocycles. The fraction of sp³-hybridized carbons (Fsp3) is 0.214. The number of carboxylic acids is 1. The van der Waals surface area contributed by atoms with Crippen LogP contribution in [0.15, 0.2) is 40.2 Å². The van der Waals surface area contributed by atoms with Crippen LogP contribution in [-0.2, 0) is 11.2 Å². The number of thiophene rings is 1. The first-order chi connectivity index (χ1) is 8.56. The predicted molar refractivity (Wildman–Crippen MR) is 77.3 cm³/mol.